The van der Waals surface area contributed by atoms with E-state index in [0.717, 1.165) is 17.1 Å². The lowest BCUT2D eigenvalue weighted by atomic mass is 10.1. The van der Waals surface area contributed by atoms with E-state index in [1.165, 1.54) is 6.07 Å². The molecule has 1 aliphatic heterocycles. The topological polar surface area (TPSA) is 47.4 Å². The zero-order valence-corrected chi connectivity index (χ0v) is 15.1. The molecule has 0 fully saturated rings. The summed E-state index contributed by atoms with van der Waals surface area (Å²) in [5, 5.41) is 4.54. The molecule has 3 aromatic rings. The molecular formula is C21H20FN3O2. The Morgan fingerprint density at radius 3 is 2.78 bits per heavy atom. The van der Waals surface area contributed by atoms with Gasteiger partial charge < -0.3 is 9.64 Å². The van der Waals surface area contributed by atoms with Crippen LogP contribution in [0, 0.1) is 12.7 Å². The van der Waals surface area contributed by atoms with Gasteiger partial charge in [0.05, 0.1) is 24.3 Å². The second kappa shape index (κ2) is 7.23. The van der Waals surface area contributed by atoms with Crippen LogP contribution in [0.25, 0.3) is 0 Å². The van der Waals surface area contributed by atoms with Crippen molar-refractivity contribution in [3.63, 3.8) is 0 Å². The van der Waals surface area contributed by atoms with Gasteiger partial charge in [-0.05, 0) is 36.8 Å². The molecule has 0 bridgehead atoms. The van der Waals surface area contributed by atoms with Crippen molar-refractivity contribution >= 4 is 5.91 Å². The quantitative estimate of drug-likeness (QED) is 0.710. The minimum atomic E-state index is -0.446. The highest BCUT2D eigenvalue weighted by Crippen LogP contribution is 2.20. The van der Waals surface area contributed by atoms with Crippen molar-refractivity contribution in [2.45, 2.75) is 26.6 Å². The highest BCUT2D eigenvalue weighted by atomic mass is 19.1. The van der Waals surface area contributed by atoms with E-state index in [0.29, 0.717) is 31.8 Å². The standard InChI is InChI=1S/C21H20FN3O2/c1-15-6-5-9-19(20(15)22)21(26)24-10-11-25-17(13-24)12-16(23-25)14-27-18-7-3-2-4-8-18/h2-9,12H,10-11,13-14H2,1H3. The fraction of sp³-hybridized carbons (Fsp3) is 0.238. The first-order valence-electron chi connectivity index (χ1n) is 8.89. The first-order valence-corrected chi connectivity index (χ1v) is 8.89. The minimum Gasteiger partial charge on any atom is -0.487 e. The van der Waals surface area contributed by atoms with E-state index in [9.17, 15) is 9.18 Å². The summed E-state index contributed by atoms with van der Waals surface area (Å²) < 4.78 is 21.9. The molecule has 0 atom stereocenters. The number of nitrogens with zero attached hydrogens (tertiary/aromatic N) is 3. The fourth-order valence-electron chi connectivity index (χ4n) is 3.23. The number of rotatable bonds is 4. The molecule has 1 aliphatic rings. The number of aryl methyl sites for hydroxylation is 1. The number of fused-ring (bicyclic) bond motifs is 1. The number of halogens is 1. The van der Waals surface area contributed by atoms with Crippen molar-refractivity contribution in [3.05, 3.63) is 82.9 Å². The van der Waals surface area contributed by atoms with Crippen molar-refractivity contribution in [1.29, 1.82) is 0 Å². The molecule has 0 spiro atoms. The molecule has 0 radical (unpaired) electrons. The summed E-state index contributed by atoms with van der Waals surface area (Å²) in [5.74, 6) is 0.0551. The Labute approximate surface area is 157 Å². The van der Waals surface area contributed by atoms with Gasteiger partial charge >= 0.3 is 0 Å². The van der Waals surface area contributed by atoms with E-state index in [1.807, 2.05) is 41.1 Å². The molecule has 2 aromatic carbocycles. The van der Waals surface area contributed by atoms with Crippen LogP contribution in [0.3, 0.4) is 0 Å². The van der Waals surface area contributed by atoms with Gasteiger partial charge in [-0.2, -0.15) is 5.10 Å². The summed E-state index contributed by atoms with van der Waals surface area (Å²) in [6, 6.07) is 16.4. The Bertz CT molecular complexity index is 969. The molecule has 4 rings (SSSR count). The van der Waals surface area contributed by atoms with Crippen molar-refractivity contribution in [2.24, 2.45) is 0 Å². The van der Waals surface area contributed by atoms with Gasteiger partial charge in [-0.3, -0.25) is 9.48 Å². The number of hydrogen-bond donors (Lipinski definition) is 0. The summed E-state index contributed by atoms with van der Waals surface area (Å²) >= 11 is 0. The predicted molar refractivity (Wildman–Crippen MR) is 98.9 cm³/mol. The summed E-state index contributed by atoms with van der Waals surface area (Å²) in [4.78, 5) is 14.4. The average Bonchev–Trinajstić information content (AvgIpc) is 3.11. The third-order valence-corrected chi connectivity index (χ3v) is 4.69. The number of benzene rings is 2. The van der Waals surface area contributed by atoms with E-state index in [4.69, 9.17) is 4.74 Å². The van der Waals surface area contributed by atoms with Crippen LogP contribution in [-0.4, -0.2) is 27.1 Å². The van der Waals surface area contributed by atoms with Crippen LogP contribution in [-0.2, 0) is 19.7 Å². The van der Waals surface area contributed by atoms with Gasteiger partial charge in [-0.1, -0.05) is 30.3 Å². The van der Waals surface area contributed by atoms with Crippen LogP contribution < -0.4 is 4.74 Å². The highest BCUT2D eigenvalue weighted by Gasteiger charge is 2.25. The average molecular weight is 365 g/mol. The highest BCUT2D eigenvalue weighted by molar-refractivity contribution is 5.94. The van der Waals surface area contributed by atoms with Crippen LogP contribution in [0.4, 0.5) is 4.39 Å². The minimum absolute atomic E-state index is 0.121. The smallest absolute Gasteiger partial charge is 0.257 e. The van der Waals surface area contributed by atoms with Crippen molar-refractivity contribution in [2.75, 3.05) is 6.54 Å². The summed E-state index contributed by atoms with van der Waals surface area (Å²) in [6.45, 7) is 3.52. The monoisotopic (exact) mass is 365 g/mol. The molecule has 0 saturated heterocycles. The summed E-state index contributed by atoms with van der Waals surface area (Å²) in [7, 11) is 0. The van der Waals surface area contributed by atoms with Gasteiger partial charge in [-0.15, -0.1) is 0 Å². The van der Waals surface area contributed by atoms with E-state index in [2.05, 4.69) is 5.10 Å². The molecule has 5 nitrogen and oxygen atoms in total. The Morgan fingerprint density at radius 2 is 1.96 bits per heavy atom. The van der Waals surface area contributed by atoms with Gasteiger partial charge in [0.15, 0.2) is 0 Å². The molecule has 0 N–H and O–H groups in total. The van der Waals surface area contributed by atoms with Crippen molar-refractivity contribution in [3.8, 4) is 5.75 Å². The normalized spacial score (nSPS) is 13.3. The maximum Gasteiger partial charge on any atom is 0.257 e. The number of hydrogen-bond acceptors (Lipinski definition) is 3. The molecule has 0 aliphatic carbocycles. The molecular weight excluding hydrogens is 345 g/mol. The number of carbonyl (C=O) groups excluding carboxylic acids is 1. The van der Waals surface area contributed by atoms with Crippen molar-refractivity contribution < 1.29 is 13.9 Å². The third kappa shape index (κ3) is 3.56. The third-order valence-electron chi connectivity index (χ3n) is 4.69. The molecule has 138 valence electrons. The fourth-order valence-corrected chi connectivity index (χ4v) is 3.23. The number of aromatic nitrogens is 2. The number of ether oxygens (including phenoxy) is 1. The largest absolute Gasteiger partial charge is 0.487 e. The zero-order valence-electron chi connectivity index (χ0n) is 15.1. The van der Waals surface area contributed by atoms with Crippen LogP contribution in [0.5, 0.6) is 5.75 Å². The van der Waals surface area contributed by atoms with Gasteiger partial charge in [0, 0.05) is 6.54 Å². The van der Waals surface area contributed by atoms with E-state index < -0.39 is 5.82 Å². The first-order chi connectivity index (χ1) is 13.1. The molecule has 1 amide bonds. The molecule has 1 aromatic heterocycles. The van der Waals surface area contributed by atoms with E-state index in [-0.39, 0.29) is 11.5 Å². The van der Waals surface area contributed by atoms with Crippen LogP contribution in [0.1, 0.15) is 27.3 Å². The van der Waals surface area contributed by atoms with Gasteiger partial charge in [0.2, 0.25) is 0 Å². The lowest BCUT2D eigenvalue weighted by molar-refractivity contribution is 0.0701. The van der Waals surface area contributed by atoms with Crippen molar-refractivity contribution in [1.82, 2.24) is 14.7 Å². The van der Waals surface area contributed by atoms with Gasteiger partial charge in [0.1, 0.15) is 23.9 Å². The Hall–Kier alpha value is -3.15. The molecule has 6 heteroatoms. The molecule has 0 unspecified atom stereocenters. The van der Waals surface area contributed by atoms with Crippen LogP contribution >= 0.6 is 0 Å². The Balaban J connectivity index is 1.46. The summed E-state index contributed by atoms with van der Waals surface area (Å²) in [6.07, 6.45) is 0. The van der Waals surface area contributed by atoms with Crippen LogP contribution in [0.2, 0.25) is 0 Å². The molecule has 2 heterocycles. The number of para-hydroxylation sites is 1. The molecule has 0 saturated carbocycles. The number of carbonyl (C=O) groups is 1. The SMILES string of the molecule is Cc1cccc(C(=O)N2CCn3nc(COc4ccccc4)cc3C2)c1F. The lowest BCUT2D eigenvalue weighted by Gasteiger charge is -2.28. The maximum atomic E-state index is 14.3. The van der Waals surface area contributed by atoms with E-state index >= 15 is 0 Å². The summed E-state index contributed by atoms with van der Waals surface area (Å²) in [5.41, 5.74) is 2.33. The Kier molecular flexibility index (Phi) is 4.62. The van der Waals surface area contributed by atoms with Crippen LogP contribution in [0.15, 0.2) is 54.6 Å². The second-order valence-electron chi connectivity index (χ2n) is 6.62. The van der Waals surface area contributed by atoms with E-state index in [1.54, 1.807) is 24.0 Å². The number of amides is 1. The zero-order chi connectivity index (χ0) is 18.8. The second-order valence-corrected chi connectivity index (χ2v) is 6.62. The maximum absolute atomic E-state index is 14.3. The lowest BCUT2D eigenvalue weighted by Crippen LogP contribution is -2.38. The Morgan fingerprint density at radius 1 is 1.15 bits per heavy atom. The van der Waals surface area contributed by atoms with Gasteiger partial charge in [0.25, 0.3) is 5.91 Å². The molecule has 27 heavy (non-hydrogen) atoms. The predicted octanol–water partition coefficient (Wildman–Crippen LogP) is 3.57. The first kappa shape index (κ1) is 17.3. The van der Waals surface area contributed by atoms with Gasteiger partial charge in [-0.25, -0.2) is 4.39 Å².